The van der Waals surface area contributed by atoms with E-state index in [1.54, 1.807) is 31.2 Å². The number of aryl methyl sites for hydroxylation is 1. The van der Waals surface area contributed by atoms with Crippen LogP contribution in [-0.2, 0) is 20.6 Å². The number of sulfonamides is 1. The zero-order chi connectivity index (χ0) is 20.2. The van der Waals surface area contributed by atoms with Crippen LogP contribution in [0.3, 0.4) is 0 Å². The van der Waals surface area contributed by atoms with Crippen LogP contribution in [-0.4, -0.2) is 38.5 Å². The van der Waals surface area contributed by atoms with Crippen LogP contribution in [0.2, 0.25) is 0 Å². The maximum Gasteiger partial charge on any atom is 0.242 e. The van der Waals surface area contributed by atoms with Crippen molar-refractivity contribution in [3.8, 4) is 0 Å². The zero-order valence-corrected chi connectivity index (χ0v) is 17.4. The fraction of sp³-hybridized carbons (Fsp3) is 0.316. The number of anilines is 1. The second-order valence-electron chi connectivity index (χ2n) is 6.33. The number of nitrogens with zero attached hydrogens (tertiary/aromatic N) is 1. The highest BCUT2D eigenvalue weighted by Crippen LogP contribution is 2.26. The molecule has 0 aromatic heterocycles. The molecule has 2 aromatic carbocycles. The summed E-state index contributed by atoms with van der Waals surface area (Å²) in [6, 6.07) is 9.50. The van der Waals surface area contributed by atoms with Crippen molar-refractivity contribution in [2.75, 3.05) is 25.2 Å². The highest BCUT2D eigenvalue weighted by molar-refractivity contribution is 7.99. The molecular formula is C19H23FN2O3S2. The Bertz CT molecular complexity index is 944. The molecule has 0 fully saturated rings. The lowest BCUT2D eigenvalue weighted by Crippen LogP contribution is -2.23. The predicted octanol–water partition coefficient (Wildman–Crippen LogP) is 3.56. The molecule has 0 atom stereocenters. The van der Waals surface area contributed by atoms with Gasteiger partial charge in [-0.25, -0.2) is 17.1 Å². The van der Waals surface area contributed by atoms with Gasteiger partial charge in [0.1, 0.15) is 5.82 Å². The summed E-state index contributed by atoms with van der Waals surface area (Å²) in [4.78, 5) is 12.4. The molecule has 0 aliphatic heterocycles. The van der Waals surface area contributed by atoms with Crippen LogP contribution in [0.25, 0.3) is 0 Å². The first-order valence-electron chi connectivity index (χ1n) is 8.27. The number of carbonyl (C=O) groups excluding carboxylic acids is 1. The Kier molecular flexibility index (Phi) is 7.02. The van der Waals surface area contributed by atoms with Gasteiger partial charge in [0, 0.05) is 25.5 Å². The number of halogens is 1. The van der Waals surface area contributed by atoms with Crippen molar-refractivity contribution in [2.45, 2.75) is 24.5 Å². The molecule has 1 amide bonds. The van der Waals surface area contributed by atoms with E-state index in [0.29, 0.717) is 17.0 Å². The third-order valence-electron chi connectivity index (χ3n) is 4.14. The van der Waals surface area contributed by atoms with Gasteiger partial charge in [0.15, 0.2) is 0 Å². The summed E-state index contributed by atoms with van der Waals surface area (Å²) in [7, 11) is -0.676. The fourth-order valence-corrected chi connectivity index (χ4v) is 4.20. The molecule has 2 rings (SSSR count). The average Bonchev–Trinajstić information content (AvgIpc) is 2.60. The fourth-order valence-electron chi connectivity index (χ4n) is 2.37. The molecule has 0 saturated carbocycles. The first-order chi connectivity index (χ1) is 12.6. The van der Waals surface area contributed by atoms with Gasteiger partial charge >= 0.3 is 0 Å². The van der Waals surface area contributed by atoms with Crippen LogP contribution >= 0.6 is 11.8 Å². The minimum absolute atomic E-state index is 0.130. The lowest BCUT2D eigenvalue weighted by atomic mass is 10.1. The smallest absolute Gasteiger partial charge is 0.242 e. The second kappa shape index (κ2) is 8.86. The van der Waals surface area contributed by atoms with E-state index in [1.165, 1.54) is 38.0 Å². The molecule has 5 nitrogen and oxygen atoms in total. The van der Waals surface area contributed by atoms with Gasteiger partial charge in [0.2, 0.25) is 15.9 Å². The summed E-state index contributed by atoms with van der Waals surface area (Å²) in [5.41, 5.74) is 2.58. The van der Waals surface area contributed by atoms with Crippen molar-refractivity contribution in [1.29, 1.82) is 0 Å². The number of hydrogen-bond donors (Lipinski definition) is 1. The van der Waals surface area contributed by atoms with E-state index in [9.17, 15) is 17.6 Å². The summed E-state index contributed by atoms with van der Waals surface area (Å²) < 4.78 is 39.5. The van der Waals surface area contributed by atoms with Gasteiger partial charge in [-0.05, 0) is 48.7 Å². The van der Waals surface area contributed by atoms with Gasteiger partial charge in [-0.2, -0.15) is 0 Å². The summed E-state index contributed by atoms with van der Waals surface area (Å²) in [5.74, 6) is -0.0401. The summed E-state index contributed by atoms with van der Waals surface area (Å²) in [6.07, 6.45) is 0. The third kappa shape index (κ3) is 5.31. The number of nitrogens with one attached hydrogen (secondary N) is 1. The van der Waals surface area contributed by atoms with Gasteiger partial charge in [0.25, 0.3) is 0 Å². The first kappa shape index (κ1) is 21.4. The summed E-state index contributed by atoms with van der Waals surface area (Å²) >= 11 is 1.29. The van der Waals surface area contributed by atoms with E-state index >= 15 is 0 Å². The molecular weight excluding hydrogens is 387 g/mol. The molecule has 0 bridgehead atoms. The van der Waals surface area contributed by atoms with Gasteiger partial charge in [-0.3, -0.25) is 4.79 Å². The summed E-state index contributed by atoms with van der Waals surface area (Å²) in [6.45, 7) is 3.62. The molecule has 146 valence electrons. The standard InChI is InChI=1S/C19H23FN2O3S2/c1-13-9-16(27(24,25)22(3)4)10-18(14(13)2)21-19(23)12-26-11-15-7-5-6-8-17(15)20/h5-10H,11-12H2,1-4H3,(H,21,23). The van der Waals surface area contributed by atoms with Crippen molar-refractivity contribution < 1.29 is 17.6 Å². The van der Waals surface area contributed by atoms with E-state index in [2.05, 4.69) is 5.32 Å². The van der Waals surface area contributed by atoms with Crippen molar-refractivity contribution in [2.24, 2.45) is 0 Å². The maximum absolute atomic E-state index is 13.6. The van der Waals surface area contributed by atoms with E-state index < -0.39 is 10.0 Å². The molecule has 0 heterocycles. The molecule has 0 aliphatic rings. The first-order valence-corrected chi connectivity index (χ1v) is 10.9. The Morgan fingerprint density at radius 2 is 1.85 bits per heavy atom. The van der Waals surface area contributed by atoms with E-state index in [-0.39, 0.29) is 22.4 Å². The minimum atomic E-state index is -3.60. The van der Waals surface area contributed by atoms with E-state index in [1.807, 2.05) is 6.92 Å². The Balaban J connectivity index is 2.09. The number of thioether (sulfide) groups is 1. The topological polar surface area (TPSA) is 66.5 Å². The molecule has 1 N–H and O–H groups in total. The predicted molar refractivity (Wildman–Crippen MR) is 108 cm³/mol. The Morgan fingerprint density at radius 3 is 2.48 bits per heavy atom. The number of benzene rings is 2. The number of amides is 1. The van der Waals surface area contributed by atoms with Gasteiger partial charge in [0.05, 0.1) is 10.6 Å². The van der Waals surface area contributed by atoms with Crippen molar-refractivity contribution >= 4 is 33.4 Å². The average molecular weight is 411 g/mol. The summed E-state index contributed by atoms with van der Waals surface area (Å²) in [5, 5.41) is 2.77. The van der Waals surface area contributed by atoms with Crippen LogP contribution in [0.15, 0.2) is 41.3 Å². The minimum Gasteiger partial charge on any atom is -0.325 e. The largest absolute Gasteiger partial charge is 0.325 e. The van der Waals surface area contributed by atoms with Crippen molar-refractivity contribution in [3.63, 3.8) is 0 Å². The lowest BCUT2D eigenvalue weighted by molar-refractivity contribution is -0.113. The Hall–Kier alpha value is -1.90. The molecule has 0 saturated heterocycles. The Morgan fingerprint density at radius 1 is 1.19 bits per heavy atom. The number of rotatable bonds is 7. The molecule has 0 radical (unpaired) electrons. The highest BCUT2D eigenvalue weighted by Gasteiger charge is 2.20. The molecule has 0 spiro atoms. The van der Waals surface area contributed by atoms with Crippen LogP contribution < -0.4 is 5.32 Å². The van der Waals surface area contributed by atoms with Gasteiger partial charge in [-0.15, -0.1) is 11.8 Å². The maximum atomic E-state index is 13.6. The second-order valence-corrected chi connectivity index (χ2v) is 9.47. The third-order valence-corrected chi connectivity index (χ3v) is 6.92. The molecule has 27 heavy (non-hydrogen) atoms. The normalized spacial score (nSPS) is 11.6. The van der Waals surface area contributed by atoms with E-state index in [4.69, 9.17) is 0 Å². The molecule has 8 heteroatoms. The van der Waals surface area contributed by atoms with Crippen LogP contribution in [0.1, 0.15) is 16.7 Å². The molecule has 0 aliphatic carbocycles. The zero-order valence-electron chi connectivity index (χ0n) is 15.7. The van der Waals surface area contributed by atoms with E-state index in [0.717, 1.165) is 15.4 Å². The van der Waals surface area contributed by atoms with Gasteiger partial charge < -0.3 is 5.32 Å². The van der Waals surface area contributed by atoms with Crippen molar-refractivity contribution in [3.05, 3.63) is 58.9 Å². The van der Waals surface area contributed by atoms with Crippen LogP contribution in [0.4, 0.5) is 10.1 Å². The SMILES string of the molecule is Cc1cc(S(=O)(=O)N(C)C)cc(NC(=O)CSCc2ccccc2F)c1C. The van der Waals surface area contributed by atoms with Crippen molar-refractivity contribution in [1.82, 2.24) is 4.31 Å². The highest BCUT2D eigenvalue weighted by atomic mass is 32.2. The number of carbonyl (C=O) groups is 1. The molecule has 2 aromatic rings. The Labute approximate surface area is 164 Å². The molecule has 0 unspecified atom stereocenters. The van der Waals surface area contributed by atoms with Crippen LogP contribution in [0.5, 0.6) is 0 Å². The lowest BCUT2D eigenvalue weighted by Gasteiger charge is -2.16. The quantitative estimate of drug-likeness (QED) is 0.758. The van der Waals surface area contributed by atoms with Gasteiger partial charge in [-0.1, -0.05) is 18.2 Å². The number of hydrogen-bond acceptors (Lipinski definition) is 4. The van der Waals surface area contributed by atoms with Crippen LogP contribution in [0, 0.1) is 19.7 Å². The monoisotopic (exact) mass is 410 g/mol.